The fourth-order valence-electron chi connectivity index (χ4n) is 1.18. The fraction of sp³-hybridized carbons (Fsp3) is 0.727. The molecule has 0 spiro atoms. The topological polar surface area (TPSA) is 107 Å². The lowest BCUT2D eigenvalue weighted by Gasteiger charge is -2.25. The Morgan fingerprint density at radius 3 is 2.44 bits per heavy atom. The van der Waals surface area contributed by atoms with Crippen molar-refractivity contribution in [2.45, 2.75) is 39.2 Å². The largest absolute Gasteiger partial charge is 0.348 e. The molecule has 0 saturated heterocycles. The van der Waals surface area contributed by atoms with E-state index in [9.17, 15) is 13.2 Å². The number of carbonyl (C=O) groups is 1. The Morgan fingerprint density at radius 2 is 2.00 bits per heavy atom. The van der Waals surface area contributed by atoms with E-state index >= 15 is 0 Å². The van der Waals surface area contributed by atoms with Crippen LogP contribution in [-0.2, 0) is 19.1 Å². The molecule has 0 aliphatic carbocycles. The van der Waals surface area contributed by atoms with Crippen LogP contribution >= 0.6 is 0 Å². The van der Waals surface area contributed by atoms with Gasteiger partial charge < -0.3 is 11.5 Å². The molecule has 7 heteroatoms. The molecule has 0 aliphatic heterocycles. The maximum Gasteiger partial charge on any atom is 0.267 e. The first-order valence-electron chi connectivity index (χ1n) is 5.54. The van der Waals surface area contributed by atoms with E-state index in [1.54, 1.807) is 20.8 Å². The van der Waals surface area contributed by atoms with Crippen molar-refractivity contribution in [3.05, 3.63) is 12.7 Å². The number of hydrogen-bond acceptors (Lipinski definition) is 5. The molecule has 0 radical (unpaired) electrons. The summed E-state index contributed by atoms with van der Waals surface area (Å²) in [6, 6.07) is 0. The molecule has 1 amide bonds. The predicted molar refractivity (Wildman–Crippen MR) is 72.1 cm³/mol. The van der Waals surface area contributed by atoms with Gasteiger partial charge in [0.05, 0.1) is 12.4 Å². The van der Waals surface area contributed by atoms with Crippen LogP contribution in [0.2, 0.25) is 0 Å². The molecule has 0 aliphatic rings. The molecule has 0 unspecified atom stereocenters. The second kappa shape index (κ2) is 8.23. The smallest absolute Gasteiger partial charge is 0.267 e. The minimum Gasteiger partial charge on any atom is -0.348 e. The zero-order valence-corrected chi connectivity index (χ0v) is 12.2. The van der Waals surface area contributed by atoms with Crippen LogP contribution in [-0.4, -0.2) is 32.2 Å². The van der Waals surface area contributed by atoms with E-state index in [-0.39, 0.29) is 24.4 Å². The van der Waals surface area contributed by atoms with Gasteiger partial charge in [-0.25, -0.2) is 0 Å². The minimum atomic E-state index is -3.42. The molecule has 4 N–H and O–H groups in total. The SMILES string of the molecule is C=CC(=O)NC(C)(C)CCOS(=O)(=O)CCC.N. The average Bonchev–Trinajstić information content (AvgIpc) is 2.15. The number of rotatable bonds is 8. The van der Waals surface area contributed by atoms with Gasteiger partial charge in [0.1, 0.15) is 0 Å². The Kier molecular flexibility index (Phi) is 8.88. The van der Waals surface area contributed by atoms with Gasteiger partial charge >= 0.3 is 0 Å². The molecule has 0 rings (SSSR count). The van der Waals surface area contributed by atoms with Gasteiger partial charge in [0.15, 0.2) is 0 Å². The Hall–Kier alpha value is -0.920. The van der Waals surface area contributed by atoms with Crippen molar-refractivity contribution in [3.8, 4) is 0 Å². The van der Waals surface area contributed by atoms with Crippen molar-refractivity contribution in [2.75, 3.05) is 12.4 Å². The van der Waals surface area contributed by atoms with Crippen LogP contribution in [0.15, 0.2) is 12.7 Å². The van der Waals surface area contributed by atoms with Gasteiger partial charge in [-0.05, 0) is 32.8 Å². The predicted octanol–water partition coefficient (Wildman–Crippen LogP) is 1.38. The first-order valence-corrected chi connectivity index (χ1v) is 7.12. The molecule has 6 nitrogen and oxygen atoms in total. The molecule has 0 saturated carbocycles. The van der Waals surface area contributed by atoms with E-state index in [1.807, 2.05) is 0 Å². The van der Waals surface area contributed by atoms with Crippen LogP contribution in [0.1, 0.15) is 33.6 Å². The molecule has 0 aromatic rings. The van der Waals surface area contributed by atoms with Gasteiger partial charge in [0, 0.05) is 5.54 Å². The van der Waals surface area contributed by atoms with E-state index in [2.05, 4.69) is 11.9 Å². The molecular weight excluding hydrogens is 256 g/mol. The van der Waals surface area contributed by atoms with Crippen molar-refractivity contribution in [1.29, 1.82) is 0 Å². The van der Waals surface area contributed by atoms with Gasteiger partial charge in [-0.3, -0.25) is 8.98 Å². The fourth-order valence-corrected chi connectivity index (χ4v) is 2.13. The highest BCUT2D eigenvalue weighted by Gasteiger charge is 2.20. The van der Waals surface area contributed by atoms with Gasteiger partial charge in [-0.2, -0.15) is 8.42 Å². The van der Waals surface area contributed by atoms with E-state index in [4.69, 9.17) is 4.18 Å². The third kappa shape index (κ3) is 9.15. The standard InChI is InChI=1S/C11H21NO4S.H3N/c1-5-9-17(14,15)16-8-7-11(3,4)12-10(13)6-2;/h6H,2,5,7-9H2,1,3-4H3,(H,12,13);1H3. The number of nitrogens with one attached hydrogen (secondary N) is 1. The van der Waals surface area contributed by atoms with Crippen LogP contribution in [0.25, 0.3) is 0 Å². The van der Waals surface area contributed by atoms with E-state index in [0.717, 1.165) is 0 Å². The maximum atomic E-state index is 11.3. The monoisotopic (exact) mass is 280 g/mol. The summed E-state index contributed by atoms with van der Waals surface area (Å²) < 4.78 is 27.4. The molecule has 18 heavy (non-hydrogen) atoms. The Morgan fingerprint density at radius 1 is 1.44 bits per heavy atom. The highest BCUT2D eigenvalue weighted by atomic mass is 32.2. The van der Waals surface area contributed by atoms with E-state index < -0.39 is 15.7 Å². The molecule has 0 aromatic heterocycles. The number of carbonyl (C=O) groups excluding carboxylic acids is 1. The van der Waals surface area contributed by atoms with Gasteiger partial charge in [0.2, 0.25) is 5.91 Å². The summed E-state index contributed by atoms with van der Waals surface area (Å²) in [5, 5.41) is 2.69. The van der Waals surface area contributed by atoms with Crippen LogP contribution in [0.5, 0.6) is 0 Å². The summed E-state index contributed by atoms with van der Waals surface area (Å²) >= 11 is 0. The normalized spacial score (nSPS) is 11.5. The lowest BCUT2D eigenvalue weighted by atomic mass is 10.0. The summed E-state index contributed by atoms with van der Waals surface area (Å²) in [6.07, 6.45) is 2.12. The molecule has 0 bridgehead atoms. The zero-order chi connectivity index (χ0) is 13.5. The Labute approximate surface area is 109 Å². The number of amides is 1. The first-order chi connectivity index (χ1) is 7.72. The lowest BCUT2D eigenvalue weighted by molar-refractivity contribution is -0.118. The summed E-state index contributed by atoms with van der Waals surface area (Å²) in [6.45, 7) is 8.78. The van der Waals surface area contributed by atoms with Crippen LogP contribution in [0.4, 0.5) is 0 Å². The summed E-state index contributed by atoms with van der Waals surface area (Å²) in [7, 11) is -3.42. The molecule has 0 aromatic carbocycles. The van der Waals surface area contributed by atoms with Crippen molar-refractivity contribution in [1.82, 2.24) is 11.5 Å². The second-order valence-corrected chi connectivity index (χ2v) is 6.17. The Bertz CT molecular complexity index is 363. The third-order valence-corrected chi connectivity index (χ3v) is 3.53. The summed E-state index contributed by atoms with van der Waals surface area (Å²) in [5.41, 5.74) is -0.521. The van der Waals surface area contributed by atoms with Gasteiger partial charge in [-0.1, -0.05) is 13.5 Å². The van der Waals surface area contributed by atoms with Crippen LogP contribution < -0.4 is 11.5 Å². The van der Waals surface area contributed by atoms with Crippen molar-refractivity contribution in [2.24, 2.45) is 0 Å². The molecule has 0 heterocycles. The van der Waals surface area contributed by atoms with Crippen molar-refractivity contribution in [3.63, 3.8) is 0 Å². The molecule has 0 fully saturated rings. The molecule has 0 atom stereocenters. The zero-order valence-electron chi connectivity index (χ0n) is 11.4. The van der Waals surface area contributed by atoms with Crippen LogP contribution in [0, 0.1) is 0 Å². The second-order valence-electron chi connectivity index (χ2n) is 4.41. The highest BCUT2D eigenvalue weighted by Crippen LogP contribution is 2.09. The first kappa shape index (κ1) is 19.4. The highest BCUT2D eigenvalue weighted by molar-refractivity contribution is 7.86. The molecule has 108 valence electrons. The minimum absolute atomic E-state index is 0. The summed E-state index contributed by atoms with van der Waals surface area (Å²) in [5.74, 6) is -0.265. The lowest BCUT2D eigenvalue weighted by Crippen LogP contribution is -2.43. The Balaban J connectivity index is 0. The van der Waals surface area contributed by atoms with Crippen molar-refractivity contribution >= 4 is 16.0 Å². The van der Waals surface area contributed by atoms with E-state index in [1.165, 1.54) is 6.08 Å². The van der Waals surface area contributed by atoms with Crippen molar-refractivity contribution < 1.29 is 17.4 Å². The maximum absolute atomic E-state index is 11.3. The quantitative estimate of drug-likeness (QED) is 0.516. The van der Waals surface area contributed by atoms with Gasteiger partial charge in [-0.15, -0.1) is 0 Å². The molecular formula is C11H24N2O4S. The third-order valence-electron chi connectivity index (χ3n) is 2.09. The summed E-state index contributed by atoms with van der Waals surface area (Å²) in [4.78, 5) is 11.1. The average molecular weight is 280 g/mol. The van der Waals surface area contributed by atoms with E-state index in [0.29, 0.717) is 12.8 Å². The van der Waals surface area contributed by atoms with Gasteiger partial charge in [0.25, 0.3) is 10.1 Å². The van der Waals surface area contributed by atoms with Crippen LogP contribution in [0.3, 0.4) is 0 Å². The number of hydrogen-bond donors (Lipinski definition) is 2.